The number of carbonyl (C=O) groups excluding carboxylic acids is 2. The lowest BCUT2D eigenvalue weighted by atomic mass is 10.0. The maximum Gasteiger partial charge on any atom is 0.288 e. The molecule has 2 aromatic rings. The third kappa shape index (κ3) is 2.64. The molecule has 102 valence electrons. The normalized spacial score (nSPS) is 21.0. The van der Waals surface area contributed by atoms with E-state index in [0.29, 0.717) is 0 Å². The summed E-state index contributed by atoms with van der Waals surface area (Å²) >= 11 is 0. The van der Waals surface area contributed by atoms with Crippen LogP contribution in [-0.2, 0) is 9.59 Å². The summed E-state index contributed by atoms with van der Waals surface area (Å²) in [6, 6.07) is 3.50. The number of ketones is 1. The molecule has 0 radical (unpaired) electrons. The van der Waals surface area contributed by atoms with Crippen molar-refractivity contribution in [3.05, 3.63) is 56.0 Å². The van der Waals surface area contributed by atoms with E-state index in [0.717, 1.165) is 5.65 Å². The summed E-state index contributed by atoms with van der Waals surface area (Å²) in [5.74, 6) is -1.40. The number of amides is 1. The Hall–Kier alpha value is -2.76. The zero-order valence-corrected chi connectivity index (χ0v) is 10.8. The van der Waals surface area contributed by atoms with E-state index in [9.17, 15) is 9.59 Å². The van der Waals surface area contributed by atoms with Gasteiger partial charge >= 0.3 is 0 Å². The van der Waals surface area contributed by atoms with Gasteiger partial charge in [0.2, 0.25) is 5.78 Å². The van der Waals surface area contributed by atoms with Gasteiger partial charge in [-0.2, -0.15) is 5.10 Å². The van der Waals surface area contributed by atoms with Gasteiger partial charge in [-0.15, -0.1) is 13.2 Å². The second-order valence-corrected chi connectivity index (χ2v) is 4.11. The molecule has 0 aliphatic carbocycles. The summed E-state index contributed by atoms with van der Waals surface area (Å²) in [4.78, 5) is 25.8. The standard InChI is InChI=1S/C8H9NO2.C6H5N3/c1-3-5-6(4-2)9-8(11)7(5)10;1-2-6-7-4-5-9(6)8-3-1/h3-6H,1-2H2,(H,9,11);1-5H. The van der Waals surface area contributed by atoms with Crippen LogP contribution in [0.1, 0.15) is 0 Å². The molecular weight excluding hydrogens is 256 g/mol. The second kappa shape index (κ2) is 5.92. The Balaban J connectivity index is 0.000000149. The number of fused-ring (bicyclic) bond motifs is 1. The van der Waals surface area contributed by atoms with Gasteiger partial charge in [0.05, 0.1) is 12.0 Å². The lowest BCUT2D eigenvalue weighted by molar-refractivity contribution is -0.135. The molecule has 1 amide bonds. The first-order valence-electron chi connectivity index (χ1n) is 6.01. The molecule has 1 aliphatic heterocycles. The zero-order valence-electron chi connectivity index (χ0n) is 10.8. The highest BCUT2D eigenvalue weighted by atomic mass is 16.2. The lowest BCUT2D eigenvalue weighted by Crippen LogP contribution is -2.25. The van der Waals surface area contributed by atoms with E-state index in [1.165, 1.54) is 12.2 Å². The van der Waals surface area contributed by atoms with E-state index < -0.39 is 17.6 Å². The topological polar surface area (TPSA) is 76.4 Å². The van der Waals surface area contributed by atoms with Gasteiger partial charge in [0.25, 0.3) is 5.91 Å². The van der Waals surface area contributed by atoms with E-state index in [4.69, 9.17) is 0 Å². The number of imidazole rings is 1. The largest absolute Gasteiger partial charge is 0.342 e. The van der Waals surface area contributed by atoms with Crippen molar-refractivity contribution in [2.75, 3.05) is 0 Å². The van der Waals surface area contributed by atoms with Gasteiger partial charge in [0.1, 0.15) is 0 Å². The van der Waals surface area contributed by atoms with Gasteiger partial charge in [-0.25, -0.2) is 9.50 Å². The zero-order chi connectivity index (χ0) is 14.5. The van der Waals surface area contributed by atoms with Crippen LogP contribution in [0.25, 0.3) is 5.65 Å². The van der Waals surface area contributed by atoms with E-state index in [-0.39, 0.29) is 6.04 Å². The Kier molecular flexibility index (Phi) is 4.05. The lowest BCUT2D eigenvalue weighted by Gasteiger charge is -2.06. The van der Waals surface area contributed by atoms with Crippen molar-refractivity contribution in [1.82, 2.24) is 19.9 Å². The molecule has 6 heteroatoms. The summed E-state index contributed by atoms with van der Waals surface area (Å²) in [5, 5.41) is 6.47. The maximum atomic E-state index is 11.0. The number of rotatable bonds is 2. The molecule has 3 rings (SSSR count). The fourth-order valence-electron chi connectivity index (χ4n) is 1.85. The number of Topliss-reactive ketones (excluding diaryl/α,β-unsaturated/α-hetero) is 1. The van der Waals surface area contributed by atoms with Crippen LogP contribution in [0.4, 0.5) is 0 Å². The van der Waals surface area contributed by atoms with Gasteiger partial charge in [-0.3, -0.25) is 9.59 Å². The van der Waals surface area contributed by atoms with Crippen LogP contribution in [0.3, 0.4) is 0 Å². The summed E-state index contributed by atoms with van der Waals surface area (Å²) in [7, 11) is 0. The van der Waals surface area contributed by atoms with E-state index in [1.807, 2.05) is 18.3 Å². The smallest absolute Gasteiger partial charge is 0.288 e. The van der Waals surface area contributed by atoms with Crippen LogP contribution >= 0.6 is 0 Å². The highest BCUT2D eigenvalue weighted by Crippen LogP contribution is 2.14. The van der Waals surface area contributed by atoms with E-state index in [1.54, 1.807) is 16.9 Å². The van der Waals surface area contributed by atoms with Crippen molar-refractivity contribution in [3.8, 4) is 0 Å². The molecular formula is C14H14N4O2. The fraction of sp³-hybridized carbons (Fsp3) is 0.143. The minimum atomic E-state index is -0.542. The third-order valence-electron chi connectivity index (χ3n) is 2.89. The van der Waals surface area contributed by atoms with Gasteiger partial charge in [0.15, 0.2) is 5.65 Å². The summed E-state index contributed by atoms with van der Waals surface area (Å²) < 4.78 is 1.72. The molecule has 1 saturated heterocycles. The molecule has 1 fully saturated rings. The minimum absolute atomic E-state index is 0.271. The first-order valence-corrected chi connectivity index (χ1v) is 6.01. The fourth-order valence-corrected chi connectivity index (χ4v) is 1.85. The first-order chi connectivity index (χ1) is 9.67. The Morgan fingerprint density at radius 2 is 2.05 bits per heavy atom. The Labute approximate surface area is 115 Å². The number of carbonyl (C=O) groups is 2. The first kappa shape index (κ1) is 13.7. The molecule has 0 spiro atoms. The highest BCUT2D eigenvalue weighted by molar-refractivity contribution is 6.39. The van der Waals surface area contributed by atoms with Crippen LogP contribution in [-0.4, -0.2) is 32.3 Å². The quantitative estimate of drug-likeness (QED) is 0.646. The van der Waals surface area contributed by atoms with Crippen molar-refractivity contribution < 1.29 is 9.59 Å². The van der Waals surface area contributed by atoms with Crippen molar-refractivity contribution in [2.24, 2.45) is 5.92 Å². The number of hydrogen-bond acceptors (Lipinski definition) is 4. The minimum Gasteiger partial charge on any atom is -0.342 e. The van der Waals surface area contributed by atoms with Gasteiger partial charge in [-0.05, 0) is 12.1 Å². The Morgan fingerprint density at radius 3 is 2.65 bits per heavy atom. The molecule has 2 atom stereocenters. The summed E-state index contributed by atoms with van der Waals surface area (Å²) in [6.07, 6.45) is 8.27. The molecule has 6 nitrogen and oxygen atoms in total. The second-order valence-electron chi connectivity index (χ2n) is 4.11. The molecule has 20 heavy (non-hydrogen) atoms. The SMILES string of the molecule is C=CC1NC(=O)C(=O)C1C=C.c1cnn2ccnc2c1. The highest BCUT2D eigenvalue weighted by Gasteiger charge is 2.36. The molecule has 3 heterocycles. The summed E-state index contributed by atoms with van der Waals surface area (Å²) in [6.45, 7) is 6.96. The molecule has 1 aliphatic rings. The van der Waals surface area contributed by atoms with E-state index >= 15 is 0 Å². The molecule has 2 aromatic heterocycles. The van der Waals surface area contributed by atoms with Gasteiger partial charge < -0.3 is 5.32 Å². The predicted octanol–water partition coefficient (Wildman–Crippen LogP) is 0.771. The Morgan fingerprint density at radius 1 is 1.25 bits per heavy atom. The Bertz CT molecular complexity index is 632. The molecule has 2 unspecified atom stereocenters. The molecule has 1 N–H and O–H groups in total. The number of nitrogens with zero attached hydrogens (tertiary/aromatic N) is 3. The van der Waals surface area contributed by atoms with Crippen LogP contribution < -0.4 is 5.32 Å². The maximum absolute atomic E-state index is 11.0. The van der Waals surface area contributed by atoms with Crippen molar-refractivity contribution >= 4 is 17.3 Å². The molecule has 0 saturated carbocycles. The number of hydrogen-bond donors (Lipinski definition) is 1. The van der Waals surface area contributed by atoms with Crippen LogP contribution in [0, 0.1) is 5.92 Å². The van der Waals surface area contributed by atoms with Crippen molar-refractivity contribution in [1.29, 1.82) is 0 Å². The van der Waals surface area contributed by atoms with Crippen molar-refractivity contribution in [3.63, 3.8) is 0 Å². The number of aromatic nitrogens is 3. The van der Waals surface area contributed by atoms with Gasteiger partial charge in [0, 0.05) is 18.6 Å². The molecule has 0 aromatic carbocycles. The predicted molar refractivity (Wildman–Crippen MR) is 73.8 cm³/mol. The third-order valence-corrected chi connectivity index (χ3v) is 2.89. The van der Waals surface area contributed by atoms with Crippen molar-refractivity contribution in [2.45, 2.75) is 6.04 Å². The average Bonchev–Trinajstić information content (AvgIpc) is 3.05. The van der Waals surface area contributed by atoms with Gasteiger partial charge in [-0.1, -0.05) is 12.2 Å². The van der Waals surface area contributed by atoms with Crippen LogP contribution in [0.5, 0.6) is 0 Å². The number of nitrogens with one attached hydrogen (secondary N) is 1. The summed E-state index contributed by atoms with van der Waals surface area (Å²) in [5.41, 5.74) is 0.887. The van der Waals surface area contributed by atoms with E-state index in [2.05, 4.69) is 28.6 Å². The average molecular weight is 270 g/mol. The monoisotopic (exact) mass is 270 g/mol. The molecule has 0 bridgehead atoms. The van der Waals surface area contributed by atoms with Crippen LogP contribution in [0.2, 0.25) is 0 Å². The van der Waals surface area contributed by atoms with Crippen LogP contribution in [0.15, 0.2) is 56.0 Å².